The Labute approximate surface area is 167 Å². The molecule has 150 valence electrons. The van der Waals surface area contributed by atoms with Gasteiger partial charge in [0.1, 0.15) is 0 Å². The van der Waals surface area contributed by atoms with Gasteiger partial charge in [-0.15, -0.1) is 0 Å². The molecule has 1 aliphatic heterocycles. The number of piperazine rings is 1. The number of benzene rings is 1. The molecule has 0 aromatic heterocycles. The number of hydrogen-bond acceptors (Lipinski definition) is 5. The number of unbranched alkanes of at least 4 members (excludes halogenated alkanes) is 2. The van der Waals surface area contributed by atoms with Crippen LogP contribution in [-0.2, 0) is 14.8 Å². The Morgan fingerprint density at radius 1 is 1.15 bits per heavy atom. The summed E-state index contributed by atoms with van der Waals surface area (Å²) in [5.74, 6) is -0.0832. The van der Waals surface area contributed by atoms with Crippen molar-refractivity contribution in [2.75, 3.05) is 42.7 Å². The molecule has 0 unspecified atom stereocenters. The highest BCUT2D eigenvalue weighted by Gasteiger charge is 2.24. The van der Waals surface area contributed by atoms with Gasteiger partial charge in [0.25, 0.3) is 0 Å². The number of carbonyl (C=O) groups excluding carboxylic acids is 1. The van der Waals surface area contributed by atoms with E-state index in [0.29, 0.717) is 32.6 Å². The van der Waals surface area contributed by atoms with Crippen LogP contribution in [0.3, 0.4) is 0 Å². The molecule has 0 spiro atoms. The molecule has 0 radical (unpaired) electrons. The zero-order chi connectivity index (χ0) is 19.9. The zero-order valence-corrected chi connectivity index (χ0v) is 17.5. The van der Waals surface area contributed by atoms with E-state index in [4.69, 9.17) is 12.2 Å². The van der Waals surface area contributed by atoms with Crippen LogP contribution in [0.2, 0.25) is 0 Å². The number of sulfonamides is 1. The van der Waals surface area contributed by atoms with Crippen molar-refractivity contribution in [3.63, 3.8) is 0 Å². The molecule has 0 atom stereocenters. The highest BCUT2D eigenvalue weighted by Crippen LogP contribution is 2.27. The average Bonchev–Trinajstić information content (AvgIpc) is 2.61. The maximum atomic E-state index is 11.9. The summed E-state index contributed by atoms with van der Waals surface area (Å²) in [6.45, 7) is 4.19. The number of carbonyl (C=O) groups is 1. The molecule has 7 nitrogen and oxygen atoms in total. The predicted octanol–water partition coefficient (Wildman–Crippen LogP) is 2.16. The van der Waals surface area contributed by atoms with Gasteiger partial charge in [0, 0.05) is 32.6 Å². The lowest BCUT2D eigenvalue weighted by Gasteiger charge is -2.35. The Bertz CT molecular complexity index is 760. The van der Waals surface area contributed by atoms with Gasteiger partial charge in [-0.1, -0.05) is 31.9 Å². The van der Waals surface area contributed by atoms with Crippen LogP contribution in [0.5, 0.6) is 0 Å². The van der Waals surface area contributed by atoms with Gasteiger partial charge >= 0.3 is 0 Å². The number of anilines is 2. The third kappa shape index (κ3) is 6.75. The molecular weight excluding hydrogens is 384 g/mol. The fourth-order valence-corrected chi connectivity index (χ4v) is 4.04. The number of rotatable bonds is 7. The maximum Gasteiger partial charge on any atom is 0.226 e. The van der Waals surface area contributed by atoms with Crippen LogP contribution in [0.25, 0.3) is 0 Å². The normalized spacial score (nSPS) is 15.4. The summed E-state index contributed by atoms with van der Waals surface area (Å²) < 4.78 is 24.8. The predicted molar refractivity (Wildman–Crippen MR) is 114 cm³/mol. The van der Waals surface area contributed by atoms with E-state index in [1.165, 1.54) is 10.6 Å². The second kappa shape index (κ2) is 10.0. The highest BCUT2D eigenvalue weighted by atomic mass is 32.2. The van der Waals surface area contributed by atoms with Crippen LogP contribution in [-0.4, -0.2) is 56.2 Å². The summed E-state index contributed by atoms with van der Waals surface area (Å²) >= 11 is 5.27. The molecular formula is C18H28N4O3S2. The van der Waals surface area contributed by atoms with Crippen LogP contribution < -0.4 is 15.5 Å². The van der Waals surface area contributed by atoms with Gasteiger partial charge in [-0.25, -0.2) is 8.42 Å². The van der Waals surface area contributed by atoms with Crippen molar-refractivity contribution >= 4 is 44.6 Å². The van der Waals surface area contributed by atoms with Gasteiger partial charge in [-0.3, -0.25) is 4.79 Å². The molecule has 27 heavy (non-hydrogen) atoms. The lowest BCUT2D eigenvalue weighted by atomic mass is 10.2. The smallest absolute Gasteiger partial charge is 0.226 e. The van der Waals surface area contributed by atoms with Gasteiger partial charge in [0.15, 0.2) is 5.11 Å². The molecule has 0 bridgehead atoms. The molecule has 1 amide bonds. The van der Waals surface area contributed by atoms with Crippen molar-refractivity contribution in [1.82, 2.24) is 9.62 Å². The molecule has 2 N–H and O–H groups in total. The van der Waals surface area contributed by atoms with Crippen molar-refractivity contribution in [2.24, 2.45) is 0 Å². The minimum absolute atomic E-state index is 0.0832. The highest BCUT2D eigenvalue weighted by molar-refractivity contribution is 7.88. The molecule has 9 heteroatoms. The summed E-state index contributed by atoms with van der Waals surface area (Å²) in [5, 5.41) is 6.09. The monoisotopic (exact) mass is 412 g/mol. The number of nitrogens with one attached hydrogen (secondary N) is 2. The van der Waals surface area contributed by atoms with E-state index in [1.54, 1.807) is 0 Å². The number of thiocarbonyl (C=S) groups is 1. The Hall–Kier alpha value is -1.71. The molecule has 1 aromatic carbocycles. The first-order valence-electron chi connectivity index (χ1n) is 9.21. The first kappa shape index (κ1) is 21.6. The van der Waals surface area contributed by atoms with E-state index in [1.807, 2.05) is 24.3 Å². The van der Waals surface area contributed by atoms with E-state index in [-0.39, 0.29) is 11.0 Å². The van der Waals surface area contributed by atoms with E-state index in [0.717, 1.165) is 30.6 Å². The molecule has 0 aliphatic carbocycles. The van der Waals surface area contributed by atoms with Crippen LogP contribution >= 0.6 is 12.2 Å². The lowest BCUT2D eigenvalue weighted by Crippen LogP contribution is -2.48. The van der Waals surface area contributed by atoms with E-state index >= 15 is 0 Å². The Balaban J connectivity index is 1.96. The van der Waals surface area contributed by atoms with Crippen LogP contribution in [0.4, 0.5) is 11.4 Å². The first-order valence-corrected chi connectivity index (χ1v) is 11.5. The van der Waals surface area contributed by atoms with E-state index in [9.17, 15) is 13.2 Å². The number of hydrogen-bond donors (Lipinski definition) is 2. The van der Waals surface area contributed by atoms with Gasteiger partial charge in [0.05, 0.1) is 17.6 Å². The van der Waals surface area contributed by atoms with Gasteiger partial charge in [0.2, 0.25) is 15.9 Å². The van der Waals surface area contributed by atoms with Crippen molar-refractivity contribution < 1.29 is 13.2 Å². The van der Waals surface area contributed by atoms with Crippen molar-refractivity contribution in [3.8, 4) is 0 Å². The maximum absolute atomic E-state index is 11.9. The number of nitrogens with zero attached hydrogens (tertiary/aromatic N) is 2. The molecule has 2 rings (SSSR count). The second-order valence-electron chi connectivity index (χ2n) is 6.63. The van der Waals surface area contributed by atoms with Gasteiger partial charge in [-0.2, -0.15) is 4.31 Å². The van der Waals surface area contributed by atoms with Crippen molar-refractivity contribution in [3.05, 3.63) is 24.3 Å². The van der Waals surface area contributed by atoms with Gasteiger partial charge < -0.3 is 15.5 Å². The van der Waals surface area contributed by atoms with Crippen molar-refractivity contribution in [1.29, 1.82) is 0 Å². The molecule has 0 saturated carbocycles. The minimum Gasteiger partial charge on any atom is -0.367 e. The topological polar surface area (TPSA) is 81.8 Å². The summed E-state index contributed by atoms with van der Waals surface area (Å²) in [6, 6.07) is 7.68. The standard InChI is InChI=1S/C18H28N4O3S2/c1-3-4-5-10-17(23)20-18(26)19-15-8-6-7-9-16(15)21-11-13-22(14-12-21)27(2,24)25/h6-9H,3-5,10-14H2,1-2H3,(H2,19,20,23,26). The number of amides is 1. The molecule has 1 fully saturated rings. The van der Waals surface area contributed by atoms with Crippen LogP contribution in [0.15, 0.2) is 24.3 Å². The molecule has 1 heterocycles. The minimum atomic E-state index is -3.16. The Kier molecular flexibility index (Phi) is 8.00. The largest absolute Gasteiger partial charge is 0.367 e. The fourth-order valence-electron chi connectivity index (χ4n) is 2.99. The van der Waals surface area contributed by atoms with Crippen molar-refractivity contribution in [2.45, 2.75) is 32.6 Å². The molecule has 1 aromatic rings. The van der Waals surface area contributed by atoms with Gasteiger partial charge in [-0.05, 0) is 30.8 Å². The Morgan fingerprint density at radius 3 is 2.44 bits per heavy atom. The number of para-hydroxylation sites is 2. The summed E-state index contributed by atoms with van der Waals surface area (Å²) in [7, 11) is -3.16. The average molecular weight is 413 g/mol. The first-order chi connectivity index (χ1) is 12.8. The Morgan fingerprint density at radius 2 is 1.81 bits per heavy atom. The van der Waals surface area contributed by atoms with Crippen LogP contribution in [0.1, 0.15) is 32.6 Å². The van der Waals surface area contributed by atoms with Crippen LogP contribution in [0, 0.1) is 0 Å². The summed E-state index contributed by atoms with van der Waals surface area (Å²) in [6.07, 6.45) is 4.64. The van der Waals surface area contributed by atoms with E-state index in [2.05, 4.69) is 22.5 Å². The molecule has 1 aliphatic rings. The fraction of sp³-hybridized carbons (Fsp3) is 0.556. The second-order valence-corrected chi connectivity index (χ2v) is 9.02. The lowest BCUT2D eigenvalue weighted by molar-refractivity contribution is -0.119. The third-order valence-electron chi connectivity index (χ3n) is 4.46. The van der Waals surface area contributed by atoms with E-state index < -0.39 is 10.0 Å². The molecule has 1 saturated heterocycles. The SMILES string of the molecule is CCCCCC(=O)NC(=S)Nc1ccccc1N1CCN(S(C)(=O)=O)CC1. The zero-order valence-electron chi connectivity index (χ0n) is 15.9. The quantitative estimate of drug-likeness (QED) is 0.528. The third-order valence-corrected chi connectivity index (χ3v) is 5.97. The summed E-state index contributed by atoms with van der Waals surface area (Å²) in [4.78, 5) is 14.0. The summed E-state index contributed by atoms with van der Waals surface area (Å²) in [5.41, 5.74) is 1.73.